The molecule has 2 heteroatoms. The summed E-state index contributed by atoms with van der Waals surface area (Å²) in [4.78, 5) is 14.9. The summed E-state index contributed by atoms with van der Waals surface area (Å²) in [6.07, 6.45) is 13.8. The standard InChI is InChI=1S/C19H37NO/c1-4-7-9-10-12-17-13-11-15-20(16-17)19(21)18(6-3)14-8-5-2/h17-18H,4-16H2,1-3H3. The topological polar surface area (TPSA) is 20.3 Å². The Morgan fingerprint density at radius 2 is 1.86 bits per heavy atom. The average molecular weight is 296 g/mol. The van der Waals surface area contributed by atoms with E-state index in [4.69, 9.17) is 0 Å². The molecule has 0 aliphatic carbocycles. The second-order valence-electron chi connectivity index (χ2n) is 6.89. The van der Waals surface area contributed by atoms with Crippen LogP contribution >= 0.6 is 0 Å². The SMILES string of the molecule is CCCCCCC1CCCN(C(=O)C(CC)CCCC)C1. The fraction of sp³-hybridized carbons (Fsp3) is 0.947. The third-order valence-corrected chi connectivity index (χ3v) is 5.04. The van der Waals surface area contributed by atoms with Crippen molar-refractivity contribution >= 4 is 5.91 Å². The van der Waals surface area contributed by atoms with Crippen LogP contribution in [0.2, 0.25) is 0 Å². The molecule has 0 bridgehead atoms. The molecule has 2 atom stereocenters. The van der Waals surface area contributed by atoms with Crippen molar-refractivity contribution in [2.75, 3.05) is 13.1 Å². The third kappa shape index (κ3) is 6.84. The van der Waals surface area contributed by atoms with Crippen LogP contribution in [-0.2, 0) is 4.79 Å². The number of carbonyl (C=O) groups excluding carboxylic acids is 1. The summed E-state index contributed by atoms with van der Waals surface area (Å²) in [6.45, 7) is 8.69. The number of hydrogen-bond donors (Lipinski definition) is 0. The Morgan fingerprint density at radius 1 is 1.10 bits per heavy atom. The van der Waals surface area contributed by atoms with Crippen LogP contribution in [0.4, 0.5) is 0 Å². The molecular weight excluding hydrogens is 258 g/mol. The number of nitrogens with zero attached hydrogens (tertiary/aromatic N) is 1. The van der Waals surface area contributed by atoms with Crippen LogP contribution in [0.1, 0.15) is 91.4 Å². The number of likely N-dealkylation sites (tertiary alicyclic amines) is 1. The Bertz CT molecular complexity index is 277. The van der Waals surface area contributed by atoms with Crippen molar-refractivity contribution in [2.24, 2.45) is 11.8 Å². The second kappa shape index (κ2) is 11.1. The van der Waals surface area contributed by atoms with Gasteiger partial charge in [0.15, 0.2) is 0 Å². The molecule has 1 amide bonds. The lowest BCUT2D eigenvalue weighted by atomic mass is 9.90. The van der Waals surface area contributed by atoms with Crippen LogP contribution in [0.3, 0.4) is 0 Å². The summed E-state index contributed by atoms with van der Waals surface area (Å²) in [5, 5.41) is 0. The van der Waals surface area contributed by atoms with E-state index in [9.17, 15) is 4.79 Å². The number of amides is 1. The Balaban J connectivity index is 2.37. The monoisotopic (exact) mass is 295 g/mol. The Morgan fingerprint density at radius 3 is 2.52 bits per heavy atom. The summed E-state index contributed by atoms with van der Waals surface area (Å²) < 4.78 is 0. The molecule has 21 heavy (non-hydrogen) atoms. The Labute approximate surface area is 132 Å². The van der Waals surface area contributed by atoms with E-state index in [1.54, 1.807) is 0 Å². The van der Waals surface area contributed by atoms with Gasteiger partial charge in [-0.15, -0.1) is 0 Å². The molecule has 1 saturated heterocycles. The van der Waals surface area contributed by atoms with Gasteiger partial charge in [0.2, 0.25) is 5.91 Å². The quantitative estimate of drug-likeness (QED) is 0.493. The van der Waals surface area contributed by atoms with Crippen molar-refractivity contribution in [1.29, 1.82) is 0 Å². The molecule has 1 fully saturated rings. The maximum Gasteiger partial charge on any atom is 0.225 e. The van der Waals surface area contributed by atoms with Crippen molar-refractivity contribution in [3.05, 3.63) is 0 Å². The van der Waals surface area contributed by atoms with E-state index in [1.165, 1.54) is 57.8 Å². The molecule has 0 saturated carbocycles. The highest BCUT2D eigenvalue weighted by Gasteiger charge is 2.27. The van der Waals surface area contributed by atoms with E-state index in [2.05, 4.69) is 25.7 Å². The van der Waals surface area contributed by atoms with Gasteiger partial charge in [-0.3, -0.25) is 4.79 Å². The lowest BCUT2D eigenvalue weighted by Gasteiger charge is -2.35. The first kappa shape index (κ1) is 18.5. The lowest BCUT2D eigenvalue weighted by molar-refractivity contribution is -0.137. The van der Waals surface area contributed by atoms with Gasteiger partial charge < -0.3 is 4.90 Å². The van der Waals surface area contributed by atoms with Crippen molar-refractivity contribution in [1.82, 2.24) is 4.90 Å². The van der Waals surface area contributed by atoms with Crippen LogP contribution in [0.25, 0.3) is 0 Å². The van der Waals surface area contributed by atoms with Gasteiger partial charge in [0.05, 0.1) is 0 Å². The van der Waals surface area contributed by atoms with E-state index >= 15 is 0 Å². The molecule has 0 aromatic heterocycles. The minimum absolute atomic E-state index is 0.281. The summed E-state index contributed by atoms with van der Waals surface area (Å²) in [5.74, 6) is 1.50. The number of piperidine rings is 1. The largest absolute Gasteiger partial charge is 0.342 e. The molecule has 0 aromatic carbocycles. The van der Waals surface area contributed by atoms with E-state index in [1.807, 2.05) is 0 Å². The van der Waals surface area contributed by atoms with Crippen LogP contribution in [0.15, 0.2) is 0 Å². The average Bonchev–Trinajstić information content (AvgIpc) is 2.52. The second-order valence-corrected chi connectivity index (χ2v) is 6.89. The Kier molecular flexibility index (Phi) is 9.78. The normalized spacial score (nSPS) is 20.5. The smallest absolute Gasteiger partial charge is 0.225 e. The molecule has 0 aromatic rings. The van der Waals surface area contributed by atoms with Crippen LogP contribution in [-0.4, -0.2) is 23.9 Å². The molecule has 124 valence electrons. The third-order valence-electron chi connectivity index (χ3n) is 5.04. The molecule has 1 aliphatic heterocycles. The predicted octanol–water partition coefficient (Wildman–Crippen LogP) is 5.41. The van der Waals surface area contributed by atoms with E-state index in [0.29, 0.717) is 5.91 Å². The highest BCUT2D eigenvalue weighted by molar-refractivity contribution is 5.78. The maximum absolute atomic E-state index is 12.7. The van der Waals surface area contributed by atoms with Gasteiger partial charge in [0, 0.05) is 19.0 Å². The van der Waals surface area contributed by atoms with Gasteiger partial charge >= 0.3 is 0 Å². The van der Waals surface area contributed by atoms with Crippen molar-refractivity contribution < 1.29 is 4.79 Å². The fourth-order valence-electron chi connectivity index (χ4n) is 3.57. The molecule has 2 nitrogen and oxygen atoms in total. The van der Waals surface area contributed by atoms with Crippen molar-refractivity contribution in [3.8, 4) is 0 Å². The van der Waals surface area contributed by atoms with E-state index in [-0.39, 0.29) is 5.92 Å². The number of hydrogen-bond acceptors (Lipinski definition) is 1. The van der Waals surface area contributed by atoms with Crippen LogP contribution in [0.5, 0.6) is 0 Å². The molecule has 2 unspecified atom stereocenters. The zero-order valence-electron chi connectivity index (χ0n) is 14.7. The van der Waals surface area contributed by atoms with Crippen molar-refractivity contribution in [2.45, 2.75) is 91.4 Å². The van der Waals surface area contributed by atoms with Gasteiger partial charge in [-0.05, 0) is 38.0 Å². The molecule has 0 spiro atoms. The van der Waals surface area contributed by atoms with Gasteiger partial charge in [-0.2, -0.15) is 0 Å². The summed E-state index contributed by atoms with van der Waals surface area (Å²) in [7, 11) is 0. The highest BCUT2D eigenvalue weighted by atomic mass is 16.2. The molecule has 1 aliphatic rings. The van der Waals surface area contributed by atoms with E-state index < -0.39 is 0 Å². The van der Waals surface area contributed by atoms with Gasteiger partial charge in [-0.25, -0.2) is 0 Å². The van der Waals surface area contributed by atoms with Gasteiger partial charge in [0.1, 0.15) is 0 Å². The highest BCUT2D eigenvalue weighted by Crippen LogP contribution is 2.25. The van der Waals surface area contributed by atoms with Crippen LogP contribution < -0.4 is 0 Å². The molecule has 1 rings (SSSR count). The molecular formula is C19H37NO. The molecule has 1 heterocycles. The van der Waals surface area contributed by atoms with E-state index in [0.717, 1.165) is 31.8 Å². The summed E-state index contributed by atoms with van der Waals surface area (Å²) >= 11 is 0. The maximum atomic E-state index is 12.7. The zero-order valence-corrected chi connectivity index (χ0v) is 14.7. The van der Waals surface area contributed by atoms with Crippen molar-refractivity contribution in [3.63, 3.8) is 0 Å². The summed E-state index contributed by atoms with van der Waals surface area (Å²) in [5.41, 5.74) is 0. The van der Waals surface area contributed by atoms with Crippen LogP contribution in [0, 0.1) is 11.8 Å². The number of unbranched alkanes of at least 4 members (excludes halogenated alkanes) is 4. The minimum Gasteiger partial charge on any atom is -0.342 e. The zero-order chi connectivity index (χ0) is 15.5. The Hall–Kier alpha value is -0.530. The van der Waals surface area contributed by atoms with Gasteiger partial charge in [-0.1, -0.05) is 59.3 Å². The minimum atomic E-state index is 0.281. The fourth-order valence-corrected chi connectivity index (χ4v) is 3.57. The molecule has 0 radical (unpaired) electrons. The molecule has 0 N–H and O–H groups in total. The first-order valence-corrected chi connectivity index (χ1v) is 9.51. The summed E-state index contributed by atoms with van der Waals surface area (Å²) in [6, 6.07) is 0. The lowest BCUT2D eigenvalue weighted by Crippen LogP contribution is -2.43. The number of carbonyl (C=O) groups is 1. The first-order valence-electron chi connectivity index (χ1n) is 9.51. The van der Waals surface area contributed by atoms with Gasteiger partial charge in [0.25, 0.3) is 0 Å². The predicted molar refractivity (Wildman–Crippen MR) is 91.4 cm³/mol. The number of rotatable bonds is 10. The first-order chi connectivity index (χ1) is 10.2.